The second-order valence-corrected chi connectivity index (χ2v) is 5.07. The van der Waals surface area contributed by atoms with Crippen molar-refractivity contribution in [1.82, 2.24) is 10.2 Å². The first kappa shape index (κ1) is 13.0. The first-order valence-electron chi connectivity index (χ1n) is 5.92. The van der Waals surface area contributed by atoms with Crippen LogP contribution in [0.2, 0.25) is 0 Å². The van der Waals surface area contributed by atoms with Crippen LogP contribution in [0.4, 0.5) is 0 Å². The standard InChI is InChI=1S/C12H22N2O2/c1-9(2)5-8-14(4)11(16)12(6-7-12)10(15)13-3/h9H,5-8H2,1-4H3,(H,13,15). The minimum Gasteiger partial charge on any atom is -0.358 e. The molecule has 1 N–H and O–H groups in total. The molecule has 0 radical (unpaired) electrons. The van der Waals surface area contributed by atoms with Crippen molar-refractivity contribution in [3.05, 3.63) is 0 Å². The molecule has 2 amide bonds. The highest BCUT2D eigenvalue weighted by atomic mass is 16.2. The van der Waals surface area contributed by atoms with Crippen LogP contribution in [-0.2, 0) is 9.59 Å². The van der Waals surface area contributed by atoms with E-state index in [1.165, 1.54) is 0 Å². The average Bonchev–Trinajstić information content (AvgIpc) is 3.04. The third-order valence-corrected chi connectivity index (χ3v) is 3.21. The summed E-state index contributed by atoms with van der Waals surface area (Å²) in [6, 6.07) is 0. The van der Waals surface area contributed by atoms with Crippen LogP contribution in [-0.4, -0.2) is 37.4 Å². The van der Waals surface area contributed by atoms with Crippen LogP contribution in [0, 0.1) is 11.3 Å². The molecule has 0 aromatic heterocycles. The van der Waals surface area contributed by atoms with Gasteiger partial charge in [0.1, 0.15) is 5.41 Å². The topological polar surface area (TPSA) is 49.4 Å². The lowest BCUT2D eigenvalue weighted by molar-refractivity contribution is -0.143. The lowest BCUT2D eigenvalue weighted by Crippen LogP contribution is -2.43. The Balaban J connectivity index is 2.54. The minimum atomic E-state index is -0.736. The fourth-order valence-electron chi connectivity index (χ4n) is 1.82. The van der Waals surface area contributed by atoms with E-state index in [0.29, 0.717) is 18.8 Å². The molecule has 4 nitrogen and oxygen atoms in total. The molecule has 1 saturated carbocycles. The largest absolute Gasteiger partial charge is 0.358 e. The first-order valence-corrected chi connectivity index (χ1v) is 5.92. The highest BCUT2D eigenvalue weighted by molar-refractivity contribution is 6.07. The van der Waals surface area contributed by atoms with Gasteiger partial charge in [-0.3, -0.25) is 9.59 Å². The fraction of sp³-hybridized carbons (Fsp3) is 0.833. The van der Waals surface area contributed by atoms with Crippen molar-refractivity contribution in [3.8, 4) is 0 Å². The Morgan fingerprint density at radius 2 is 1.94 bits per heavy atom. The lowest BCUT2D eigenvalue weighted by atomic mass is 10.0. The Morgan fingerprint density at radius 1 is 1.38 bits per heavy atom. The van der Waals surface area contributed by atoms with Crippen LogP contribution in [0.15, 0.2) is 0 Å². The molecule has 4 heteroatoms. The molecule has 0 aliphatic heterocycles. The predicted octanol–water partition coefficient (Wildman–Crippen LogP) is 1.02. The van der Waals surface area contributed by atoms with E-state index in [0.717, 1.165) is 13.0 Å². The van der Waals surface area contributed by atoms with Gasteiger partial charge in [-0.1, -0.05) is 13.8 Å². The van der Waals surface area contributed by atoms with Crippen LogP contribution in [0.5, 0.6) is 0 Å². The van der Waals surface area contributed by atoms with Crippen molar-refractivity contribution in [1.29, 1.82) is 0 Å². The Kier molecular flexibility index (Phi) is 3.94. The molecule has 0 aromatic carbocycles. The number of amides is 2. The smallest absolute Gasteiger partial charge is 0.238 e. The second-order valence-electron chi connectivity index (χ2n) is 5.07. The van der Waals surface area contributed by atoms with E-state index in [2.05, 4.69) is 19.2 Å². The van der Waals surface area contributed by atoms with E-state index in [1.54, 1.807) is 19.0 Å². The number of hydrogen-bond acceptors (Lipinski definition) is 2. The molecule has 0 spiro atoms. The van der Waals surface area contributed by atoms with Gasteiger partial charge in [0.15, 0.2) is 0 Å². The molecule has 92 valence electrons. The summed E-state index contributed by atoms with van der Waals surface area (Å²) in [5.41, 5.74) is -0.736. The monoisotopic (exact) mass is 226 g/mol. The Hall–Kier alpha value is -1.06. The van der Waals surface area contributed by atoms with Crippen molar-refractivity contribution in [2.24, 2.45) is 11.3 Å². The van der Waals surface area contributed by atoms with Crippen LogP contribution in [0.3, 0.4) is 0 Å². The highest BCUT2D eigenvalue weighted by Gasteiger charge is 2.57. The van der Waals surface area contributed by atoms with Crippen molar-refractivity contribution in [2.45, 2.75) is 33.1 Å². The van der Waals surface area contributed by atoms with E-state index >= 15 is 0 Å². The van der Waals surface area contributed by atoms with Crippen molar-refractivity contribution in [3.63, 3.8) is 0 Å². The molecule has 1 aliphatic carbocycles. The van der Waals surface area contributed by atoms with Gasteiger partial charge in [-0.25, -0.2) is 0 Å². The first-order chi connectivity index (χ1) is 7.44. The summed E-state index contributed by atoms with van der Waals surface area (Å²) >= 11 is 0. The number of rotatable bonds is 5. The Bertz CT molecular complexity index is 283. The molecule has 0 aromatic rings. The lowest BCUT2D eigenvalue weighted by Gasteiger charge is -2.23. The molecule has 0 bridgehead atoms. The summed E-state index contributed by atoms with van der Waals surface area (Å²) in [6.45, 7) is 4.99. The van der Waals surface area contributed by atoms with Gasteiger partial charge in [0, 0.05) is 20.6 Å². The van der Waals surface area contributed by atoms with E-state index < -0.39 is 5.41 Å². The quantitative estimate of drug-likeness (QED) is 0.711. The molecule has 0 heterocycles. The number of nitrogens with one attached hydrogen (secondary N) is 1. The third-order valence-electron chi connectivity index (χ3n) is 3.21. The zero-order valence-corrected chi connectivity index (χ0v) is 10.7. The Morgan fingerprint density at radius 3 is 2.31 bits per heavy atom. The van der Waals surface area contributed by atoms with Crippen LogP contribution < -0.4 is 5.32 Å². The van der Waals surface area contributed by atoms with Crippen molar-refractivity contribution >= 4 is 11.8 Å². The van der Waals surface area contributed by atoms with E-state index in [1.807, 2.05) is 0 Å². The van der Waals surface area contributed by atoms with Crippen LogP contribution >= 0.6 is 0 Å². The molecule has 1 aliphatic rings. The maximum atomic E-state index is 12.1. The minimum absolute atomic E-state index is 0.0208. The molecule has 0 unspecified atom stereocenters. The molecule has 16 heavy (non-hydrogen) atoms. The van der Waals surface area contributed by atoms with Gasteiger partial charge in [-0.2, -0.15) is 0 Å². The molecular formula is C12H22N2O2. The third kappa shape index (κ3) is 2.54. The zero-order chi connectivity index (χ0) is 12.3. The summed E-state index contributed by atoms with van der Waals surface area (Å²) < 4.78 is 0. The van der Waals surface area contributed by atoms with Crippen molar-refractivity contribution in [2.75, 3.05) is 20.6 Å². The number of nitrogens with zero attached hydrogens (tertiary/aromatic N) is 1. The maximum Gasteiger partial charge on any atom is 0.238 e. The fourth-order valence-corrected chi connectivity index (χ4v) is 1.82. The van der Waals surface area contributed by atoms with E-state index in [4.69, 9.17) is 0 Å². The van der Waals surface area contributed by atoms with Crippen LogP contribution in [0.1, 0.15) is 33.1 Å². The zero-order valence-electron chi connectivity index (χ0n) is 10.7. The summed E-state index contributed by atoms with van der Waals surface area (Å²) in [5.74, 6) is 0.423. The number of carbonyl (C=O) groups is 2. The predicted molar refractivity (Wildman–Crippen MR) is 62.8 cm³/mol. The van der Waals surface area contributed by atoms with Crippen molar-refractivity contribution < 1.29 is 9.59 Å². The number of carbonyl (C=O) groups excluding carboxylic acids is 2. The average molecular weight is 226 g/mol. The second kappa shape index (κ2) is 4.85. The summed E-state index contributed by atoms with van der Waals surface area (Å²) in [4.78, 5) is 25.4. The van der Waals surface area contributed by atoms with Crippen LogP contribution in [0.25, 0.3) is 0 Å². The normalized spacial score (nSPS) is 17.1. The van der Waals surface area contributed by atoms with Gasteiger partial charge in [0.2, 0.25) is 11.8 Å². The molecular weight excluding hydrogens is 204 g/mol. The molecule has 0 atom stereocenters. The summed E-state index contributed by atoms with van der Waals surface area (Å²) in [6.07, 6.45) is 2.36. The van der Waals surface area contributed by atoms with Gasteiger partial charge in [0.25, 0.3) is 0 Å². The van der Waals surface area contributed by atoms with E-state index in [-0.39, 0.29) is 11.8 Å². The molecule has 1 fully saturated rings. The summed E-state index contributed by atoms with van der Waals surface area (Å²) in [7, 11) is 3.37. The van der Waals surface area contributed by atoms with E-state index in [9.17, 15) is 9.59 Å². The van der Waals surface area contributed by atoms with Gasteiger partial charge in [-0.05, 0) is 25.2 Å². The maximum absolute atomic E-state index is 12.1. The summed E-state index contributed by atoms with van der Waals surface area (Å²) in [5, 5.41) is 2.58. The Labute approximate surface area is 97.4 Å². The van der Waals surface area contributed by atoms with Gasteiger partial charge in [-0.15, -0.1) is 0 Å². The SMILES string of the molecule is CNC(=O)C1(C(=O)N(C)CCC(C)C)CC1. The highest BCUT2D eigenvalue weighted by Crippen LogP contribution is 2.47. The van der Waals surface area contributed by atoms with Gasteiger partial charge < -0.3 is 10.2 Å². The molecule has 0 saturated heterocycles. The molecule has 1 rings (SSSR count). The number of hydrogen-bond donors (Lipinski definition) is 1. The van der Waals surface area contributed by atoms with Gasteiger partial charge >= 0.3 is 0 Å². The van der Waals surface area contributed by atoms with Gasteiger partial charge in [0.05, 0.1) is 0 Å².